The number of methoxy groups -OCH3 is 1. The Labute approximate surface area is 116 Å². The van der Waals surface area contributed by atoms with Crippen LogP contribution in [-0.2, 0) is 4.79 Å². The van der Waals surface area contributed by atoms with Gasteiger partial charge in [-0.1, -0.05) is 6.07 Å². The molecule has 0 radical (unpaired) electrons. The summed E-state index contributed by atoms with van der Waals surface area (Å²) in [6, 6.07) is 3.15. The molecule has 1 unspecified atom stereocenters. The van der Waals surface area contributed by atoms with E-state index in [0.29, 0.717) is 31.5 Å². The number of hydrogen-bond acceptors (Lipinski definition) is 3. The van der Waals surface area contributed by atoms with Gasteiger partial charge < -0.3 is 9.84 Å². The third-order valence-corrected chi connectivity index (χ3v) is 3.55. The Kier molecular flexibility index (Phi) is 4.54. The number of carbonyl (C=O) groups is 1. The second kappa shape index (κ2) is 6.17. The highest BCUT2D eigenvalue weighted by molar-refractivity contribution is 5.75. The molecule has 0 amide bonds. The number of nitrogens with zero attached hydrogens (tertiary/aromatic N) is 1. The molecule has 20 heavy (non-hydrogen) atoms. The summed E-state index contributed by atoms with van der Waals surface area (Å²) in [6.45, 7) is 0.706. The van der Waals surface area contributed by atoms with Crippen LogP contribution in [0.4, 0.5) is 8.78 Å². The van der Waals surface area contributed by atoms with E-state index in [4.69, 9.17) is 4.74 Å². The fourth-order valence-corrected chi connectivity index (χ4v) is 2.49. The van der Waals surface area contributed by atoms with Gasteiger partial charge >= 0.3 is 5.97 Å². The quantitative estimate of drug-likeness (QED) is 0.923. The van der Waals surface area contributed by atoms with Crippen molar-refractivity contribution in [1.82, 2.24) is 4.90 Å². The Morgan fingerprint density at radius 3 is 2.60 bits per heavy atom. The highest BCUT2D eigenvalue weighted by Gasteiger charge is 2.31. The number of likely N-dealkylation sites (tertiary alicyclic amines) is 1. The zero-order valence-corrected chi connectivity index (χ0v) is 11.2. The van der Waals surface area contributed by atoms with E-state index in [1.165, 1.54) is 25.3 Å². The van der Waals surface area contributed by atoms with Gasteiger partial charge in [0.15, 0.2) is 11.6 Å². The second-order valence-electron chi connectivity index (χ2n) is 4.85. The summed E-state index contributed by atoms with van der Waals surface area (Å²) in [4.78, 5) is 13.1. The van der Waals surface area contributed by atoms with Crippen molar-refractivity contribution in [2.75, 3.05) is 20.2 Å². The topological polar surface area (TPSA) is 49.8 Å². The number of piperidine rings is 1. The number of ether oxygens (including phenoxy) is 1. The average molecular weight is 285 g/mol. The summed E-state index contributed by atoms with van der Waals surface area (Å²) in [7, 11) is 1.35. The largest absolute Gasteiger partial charge is 0.494 e. The maximum absolute atomic E-state index is 13.7. The number of benzene rings is 1. The Hall–Kier alpha value is -1.69. The molecule has 0 aliphatic carbocycles. The van der Waals surface area contributed by atoms with Gasteiger partial charge in [-0.15, -0.1) is 0 Å². The van der Waals surface area contributed by atoms with Crippen molar-refractivity contribution in [3.8, 4) is 5.75 Å². The molecule has 4 nitrogen and oxygen atoms in total. The smallest absolute Gasteiger partial charge is 0.325 e. The number of carboxylic acid groups (broad SMARTS) is 1. The molecule has 1 atom stereocenters. The molecular weight excluding hydrogens is 268 g/mol. The minimum Gasteiger partial charge on any atom is -0.494 e. The van der Waals surface area contributed by atoms with Crippen LogP contribution in [0.1, 0.15) is 24.4 Å². The molecule has 0 bridgehead atoms. The van der Waals surface area contributed by atoms with E-state index in [2.05, 4.69) is 0 Å². The predicted octanol–water partition coefficient (Wildman–Crippen LogP) is 2.39. The summed E-state index contributed by atoms with van der Waals surface area (Å²) in [5.74, 6) is -1.59. The van der Waals surface area contributed by atoms with E-state index >= 15 is 0 Å². The molecule has 1 N–H and O–H groups in total. The van der Waals surface area contributed by atoms with Crippen LogP contribution < -0.4 is 4.74 Å². The first-order valence-corrected chi connectivity index (χ1v) is 6.47. The van der Waals surface area contributed by atoms with Gasteiger partial charge in [-0.05, 0) is 30.5 Å². The Balaban J connectivity index is 2.24. The van der Waals surface area contributed by atoms with Gasteiger partial charge in [0.05, 0.1) is 7.11 Å². The van der Waals surface area contributed by atoms with E-state index in [9.17, 15) is 18.7 Å². The molecule has 2 rings (SSSR count). The number of aliphatic carboxylic acids is 1. The summed E-state index contributed by atoms with van der Waals surface area (Å²) in [5.41, 5.74) is 0.341. The van der Waals surface area contributed by atoms with E-state index in [1.54, 1.807) is 4.90 Å². The third-order valence-electron chi connectivity index (χ3n) is 3.55. The molecule has 1 fully saturated rings. The van der Waals surface area contributed by atoms with Gasteiger partial charge in [0.1, 0.15) is 12.2 Å². The van der Waals surface area contributed by atoms with E-state index in [0.717, 1.165) is 0 Å². The highest BCUT2D eigenvalue weighted by atomic mass is 19.1. The highest BCUT2D eigenvalue weighted by Crippen LogP contribution is 2.28. The zero-order chi connectivity index (χ0) is 14.7. The van der Waals surface area contributed by atoms with Gasteiger partial charge in [-0.2, -0.15) is 0 Å². The Morgan fingerprint density at radius 1 is 1.45 bits per heavy atom. The van der Waals surface area contributed by atoms with Crippen molar-refractivity contribution in [2.24, 2.45) is 0 Å². The third kappa shape index (κ3) is 3.07. The minimum atomic E-state index is -1.06. The zero-order valence-electron chi connectivity index (χ0n) is 11.2. The lowest BCUT2D eigenvalue weighted by Crippen LogP contribution is -2.40. The van der Waals surface area contributed by atoms with Crippen molar-refractivity contribution in [2.45, 2.75) is 25.1 Å². The van der Waals surface area contributed by atoms with Crippen LogP contribution in [0.5, 0.6) is 5.75 Å². The molecule has 1 aromatic carbocycles. The van der Waals surface area contributed by atoms with Crippen LogP contribution in [0.3, 0.4) is 0 Å². The molecule has 110 valence electrons. The van der Waals surface area contributed by atoms with Crippen LogP contribution in [0.15, 0.2) is 18.2 Å². The SMILES string of the molecule is COc1ccc(C(C(=O)O)N2CCC(F)CC2)cc1F. The summed E-state index contributed by atoms with van der Waals surface area (Å²) in [5, 5.41) is 9.37. The van der Waals surface area contributed by atoms with Gasteiger partial charge in [-0.3, -0.25) is 9.69 Å². The van der Waals surface area contributed by atoms with Crippen molar-refractivity contribution in [1.29, 1.82) is 0 Å². The standard InChI is InChI=1S/C14H17F2NO3/c1-20-12-3-2-9(8-11(12)16)13(14(18)19)17-6-4-10(15)5-7-17/h2-3,8,10,13H,4-7H2,1H3,(H,18,19). The van der Waals surface area contributed by atoms with E-state index in [1.807, 2.05) is 0 Å². The lowest BCUT2D eigenvalue weighted by atomic mass is 10.0. The van der Waals surface area contributed by atoms with E-state index in [-0.39, 0.29) is 5.75 Å². The van der Waals surface area contributed by atoms with Gasteiger partial charge in [-0.25, -0.2) is 8.78 Å². The molecule has 1 heterocycles. The lowest BCUT2D eigenvalue weighted by Gasteiger charge is -2.33. The molecule has 1 aliphatic heterocycles. The van der Waals surface area contributed by atoms with Crippen LogP contribution >= 0.6 is 0 Å². The summed E-state index contributed by atoms with van der Waals surface area (Å²) < 4.78 is 31.7. The predicted molar refractivity (Wildman–Crippen MR) is 69.0 cm³/mol. The van der Waals surface area contributed by atoms with Crippen LogP contribution in [-0.4, -0.2) is 42.3 Å². The monoisotopic (exact) mass is 285 g/mol. The van der Waals surface area contributed by atoms with Crippen LogP contribution in [0.2, 0.25) is 0 Å². The van der Waals surface area contributed by atoms with Crippen molar-refractivity contribution in [3.05, 3.63) is 29.6 Å². The molecule has 0 saturated carbocycles. The molecule has 1 aromatic rings. The van der Waals surface area contributed by atoms with Crippen molar-refractivity contribution >= 4 is 5.97 Å². The fraction of sp³-hybridized carbons (Fsp3) is 0.500. The molecule has 1 aliphatic rings. The van der Waals surface area contributed by atoms with E-state index < -0.39 is 24.0 Å². The first-order chi connectivity index (χ1) is 9.52. The Morgan fingerprint density at radius 2 is 2.10 bits per heavy atom. The van der Waals surface area contributed by atoms with Gasteiger partial charge in [0, 0.05) is 13.1 Å². The number of hydrogen-bond donors (Lipinski definition) is 1. The number of rotatable bonds is 4. The molecule has 0 spiro atoms. The number of alkyl halides is 1. The maximum atomic E-state index is 13.7. The van der Waals surface area contributed by atoms with Crippen molar-refractivity contribution in [3.63, 3.8) is 0 Å². The Bertz CT molecular complexity index is 487. The molecule has 0 aromatic heterocycles. The normalized spacial score (nSPS) is 18.8. The number of carboxylic acids is 1. The summed E-state index contributed by atoms with van der Waals surface area (Å²) >= 11 is 0. The minimum absolute atomic E-state index is 0.0698. The maximum Gasteiger partial charge on any atom is 0.325 e. The van der Waals surface area contributed by atoms with Crippen LogP contribution in [0, 0.1) is 5.82 Å². The first-order valence-electron chi connectivity index (χ1n) is 6.47. The van der Waals surface area contributed by atoms with Crippen molar-refractivity contribution < 1.29 is 23.4 Å². The molecule has 6 heteroatoms. The second-order valence-corrected chi connectivity index (χ2v) is 4.85. The first kappa shape index (κ1) is 14.7. The summed E-state index contributed by atoms with van der Waals surface area (Å²) in [6.07, 6.45) is -0.265. The molecule has 1 saturated heterocycles. The van der Waals surface area contributed by atoms with Gasteiger partial charge in [0.2, 0.25) is 0 Å². The lowest BCUT2D eigenvalue weighted by molar-refractivity contribution is -0.144. The average Bonchev–Trinajstić information content (AvgIpc) is 2.41. The fourth-order valence-electron chi connectivity index (χ4n) is 2.49. The molecular formula is C14H17F2NO3. The van der Waals surface area contributed by atoms with Crippen LogP contribution in [0.25, 0.3) is 0 Å². The number of halogens is 2. The van der Waals surface area contributed by atoms with Gasteiger partial charge in [0.25, 0.3) is 0 Å².